The third-order valence-corrected chi connectivity index (χ3v) is 5.23. The van der Waals surface area contributed by atoms with Gasteiger partial charge in [0, 0.05) is 32.1 Å². The molecule has 130 valence electrons. The third kappa shape index (κ3) is 3.60. The van der Waals surface area contributed by atoms with Crippen molar-refractivity contribution < 1.29 is 14.0 Å². The van der Waals surface area contributed by atoms with Crippen molar-refractivity contribution in [3.63, 3.8) is 0 Å². The molecular weight excluding hydrogens is 307 g/mol. The van der Waals surface area contributed by atoms with Crippen LogP contribution < -0.4 is 0 Å². The highest BCUT2D eigenvalue weighted by Crippen LogP contribution is 2.27. The van der Waals surface area contributed by atoms with E-state index in [9.17, 15) is 14.0 Å². The molecular formula is C19H25FN2O2. The Hall–Kier alpha value is -1.91. The van der Waals surface area contributed by atoms with E-state index in [0.717, 1.165) is 31.4 Å². The van der Waals surface area contributed by atoms with E-state index in [1.165, 1.54) is 18.6 Å². The molecule has 2 heterocycles. The van der Waals surface area contributed by atoms with E-state index >= 15 is 0 Å². The number of carbonyl (C=O) groups excluding carboxylic acids is 2. The topological polar surface area (TPSA) is 40.6 Å². The van der Waals surface area contributed by atoms with Crippen molar-refractivity contribution in [1.29, 1.82) is 0 Å². The molecule has 2 atom stereocenters. The summed E-state index contributed by atoms with van der Waals surface area (Å²) in [5.74, 6) is -0.361. The highest BCUT2D eigenvalue weighted by Gasteiger charge is 2.38. The molecule has 0 N–H and O–H groups in total. The second kappa shape index (κ2) is 7.32. The molecule has 0 saturated carbocycles. The second-order valence-electron chi connectivity index (χ2n) is 6.89. The fraction of sp³-hybridized carbons (Fsp3) is 0.579. The molecule has 2 unspecified atom stereocenters. The fourth-order valence-electron chi connectivity index (χ4n) is 3.85. The van der Waals surface area contributed by atoms with Gasteiger partial charge in [-0.1, -0.05) is 19.1 Å². The SMILES string of the molecule is CCC1CCCCN1C(=O)C1CC(=O)N(Cc2ccc(F)cc2)C1. The average molecular weight is 332 g/mol. The van der Waals surface area contributed by atoms with Crippen LogP contribution in [0.4, 0.5) is 4.39 Å². The summed E-state index contributed by atoms with van der Waals surface area (Å²) in [4.78, 5) is 28.9. The second-order valence-corrected chi connectivity index (χ2v) is 6.89. The quantitative estimate of drug-likeness (QED) is 0.850. The van der Waals surface area contributed by atoms with Crippen LogP contribution in [-0.4, -0.2) is 40.7 Å². The number of likely N-dealkylation sites (tertiary alicyclic amines) is 2. The van der Waals surface area contributed by atoms with Gasteiger partial charge in [-0.15, -0.1) is 0 Å². The van der Waals surface area contributed by atoms with Gasteiger partial charge in [0.25, 0.3) is 0 Å². The van der Waals surface area contributed by atoms with Crippen molar-refractivity contribution >= 4 is 11.8 Å². The van der Waals surface area contributed by atoms with Crippen molar-refractivity contribution in [3.8, 4) is 0 Å². The number of benzene rings is 1. The molecule has 2 amide bonds. The van der Waals surface area contributed by atoms with E-state index < -0.39 is 0 Å². The largest absolute Gasteiger partial charge is 0.339 e. The summed E-state index contributed by atoms with van der Waals surface area (Å²) in [6, 6.07) is 6.51. The highest BCUT2D eigenvalue weighted by atomic mass is 19.1. The number of amides is 2. The van der Waals surface area contributed by atoms with Gasteiger partial charge in [-0.05, 0) is 43.4 Å². The zero-order valence-corrected chi connectivity index (χ0v) is 14.2. The van der Waals surface area contributed by atoms with Gasteiger partial charge in [0.1, 0.15) is 5.82 Å². The predicted molar refractivity (Wildman–Crippen MR) is 89.6 cm³/mol. The lowest BCUT2D eigenvalue weighted by molar-refractivity contribution is -0.139. The Morgan fingerprint density at radius 2 is 2.00 bits per heavy atom. The predicted octanol–water partition coefficient (Wildman–Crippen LogP) is 2.97. The van der Waals surface area contributed by atoms with Crippen molar-refractivity contribution in [2.24, 2.45) is 5.92 Å². The maximum atomic E-state index is 13.0. The molecule has 24 heavy (non-hydrogen) atoms. The molecule has 0 aromatic heterocycles. The van der Waals surface area contributed by atoms with Gasteiger partial charge in [0.2, 0.25) is 11.8 Å². The summed E-state index contributed by atoms with van der Waals surface area (Å²) in [5, 5.41) is 0. The van der Waals surface area contributed by atoms with Gasteiger partial charge in [-0.3, -0.25) is 9.59 Å². The van der Waals surface area contributed by atoms with Gasteiger partial charge in [-0.25, -0.2) is 4.39 Å². The lowest BCUT2D eigenvalue weighted by Crippen LogP contribution is -2.46. The number of hydrogen-bond donors (Lipinski definition) is 0. The van der Waals surface area contributed by atoms with E-state index in [1.807, 2.05) is 4.90 Å². The fourth-order valence-corrected chi connectivity index (χ4v) is 3.85. The van der Waals surface area contributed by atoms with Crippen LogP contribution in [0, 0.1) is 11.7 Å². The van der Waals surface area contributed by atoms with Crippen LogP contribution in [0.1, 0.15) is 44.6 Å². The molecule has 1 aromatic rings. The summed E-state index contributed by atoms with van der Waals surface area (Å²) < 4.78 is 13.0. The van der Waals surface area contributed by atoms with Crippen LogP contribution in [0.25, 0.3) is 0 Å². The first kappa shape index (κ1) is 16.9. The average Bonchev–Trinajstić information content (AvgIpc) is 2.97. The van der Waals surface area contributed by atoms with Crippen LogP contribution in [0.2, 0.25) is 0 Å². The number of piperidine rings is 1. The number of rotatable bonds is 4. The molecule has 1 aromatic carbocycles. The summed E-state index contributed by atoms with van der Waals surface area (Å²) >= 11 is 0. The maximum Gasteiger partial charge on any atom is 0.228 e. The molecule has 2 aliphatic rings. The van der Waals surface area contributed by atoms with Crippen molar-refractivity contribution in [1.82, 2.24) is 9.80 Å². The Morgan fingerprint density at radius 1 is 1.25 bits per heavy atom. The molecule has 2 aliphatic heterocycles. The Labute approximate surface area is 142 Å². The highest BCUT2D eigenvalue weighted by molar-refractivity contribution is 5.89. The van der Waals surface area contributed by atoms with Crippen molar-refractivity contribution in [2.45, 2.75) is 51.6 Å². The Balaban J connectivity index is 1.63. The molecule has 3 rings (SSSR count). The summed E-state index contributed by atoms with van der Waals surface area (Å²) in [7, 11) is 0. The Morgan fingerprint density at radius 3 is 2.71 bits per heavy atom. The minimum Gasteiger partial charge on any atom is -0.339 e. The Kier molecular flexibility index (Phi) is 5.17. The number of nitrogens with zero attached hydrogens (tertiary/aromatic N) is 2. The minimum atomic E-state index is -0.282. The monoisotopic (exact) mass is 332 g/mol. The first-order chi connectivity index (χ1) is 11.6. The first-order valence-electron chi connectivity index (χ1n) is 8.91. The number of carbonyl (C=O) groups is 2. The van der Waals surface area contributed by atoms with Gasteiger partial charge >= 0.3 is 0 Å². The lowest BCUT2D eigenvalue weighted by atomic mass is 9.97. The minimum absolute atomic E-state index is 0.0164. The Bertz CT molecular complexity index is 602. The van der Waals surface area contributed by atoms with Crippen LogP contribution in [0.5, 0.6) is 0 Å². The molecule has 0 radical (unpaired) electrons. The first-order valence-corrected chi connectivity index (χ1v) is 8.91. The van der Waals surface area contributed by atoms with Gasteiger partial charge in [0.05, 0.1) is 5.92 Å². The van der Waals surface area contributed by atoms with Gasteiger partial charge in [-0.2, -0.15) is 0 Å². The number of hydrogen-bond acceptors (Lipinski definition) is 2. The lowest BCUT2D eigenvalue weighted by Gasteiger charge is -2.36. The van der Waals surface area contributed by atoms with Crippen LogP contribution in [0.15, 0.2) is 24.3 Å². The molecule has 2 saturated heterocycles. The van der Waals surface area contributed by atoms with Crippen LogP contribution in [-0.2, 0) is 16.1 Å². The normalized spacial score (nSPS) is 24.5. The number of halogens is 1. The van der Waals surface area contributed by atoms with E-state index in [4.69, 9.17) is 0 Å². The van der Waals surface area contributed by atoms with Crippen LogP contribution >= 0.6 is 0 Å². The summed E-state index contributed by atoms with van der Waals surface area (Å²) in [6.07, 6.45) is 4.59. The van der Waals surface area contributed by atoms with Crippen LogP contribution in [0.3, 0.4) is 0 Å². The van der Waals surface area contributed by atoms with Crippen molar-refractivity contribution in [2.75, 3.05) is 13.1 Å². The molecule has 5 heteroatoms. The molecule has 0 aliphatic carbocycles. The molecule has 2 fully saturated rings. The molecule has 0 spiro atoms. The van der Waals surface area contributed by atoms with E-state index in [2.05, 4.69) is 6.92 Å². The smallest absolute Gasteiger partial charge is 0.228 e. The zero-order valence-electron chi connectivity index (χ0n) is 14.2. The van der Waals surface area contributed by atoms with E-state index in [-0.39, 0.29) is 23.5 Å². The zero-order chi connectivity index (χ0) is 17.1. The molecule has 4 nitrogen and oxygen atoms in total. The standard InChI is InChI=1S/C19H25FN2O2/c1-2-17-5-3-4-10-22(17)19(24)15-11-18(23)21(13-15)12-14-6-8-16(20)9-7-14/h6-9,15,17H,2-5,10-13H2,1H3. The van der Waals surface area contributed by atoms with Crippen molar-refractivity contribution in [3.05, 3.63) is 35.6 Å². The summed E-state index contributed by atoms with van der Waals surface area (Å²) in [5.41, 5.74) is 0.891. The summed E-state index contributed by atoms with van der Waals surface area (Å²) in [6.45, 7) is 3.86. The maximum absolute atomic E-state index is 13.0. The molecule has 0 bridgehead atoms. The van der Waals surface area contributed by atoms with E-state index in [1.54, 1.807) is 17.0 Å². The third-order valence-electron chi connectivity index (χ3n) is 5.23. The van der Waals surface area contributed by atoms with Gasteiger partial charge in [0.15, 0.2) is 0 Å². The van der Waals surface area contributed by atoms with Gasteiger partial charge < -0.3 is 9.80 Å². The van der Waals surface area contributed by atoms with E-state index in [0.29, 0.717) is 25.6 Å².